The molecule has 6 N–H and O–H groups in total. The summed E-state index contributed by atoms with van der Waals surface area (Å²) in [5, 5.41) is 36.7. The van der Waals surface area contributed by atoms with Crippen molar-refractivity contribution in [3.63, 3.8) is 0 Å². The summed E-state index contributed by atoms with van der Waals surface area (Å²) >= 11 is 0. The molecule has 3 saturated heterocycles. The second kappa shape index (κ2) is 17.2. The molecule has 18 nitrogen and oxygen atoms in total. The second-order valence-electron chi connectivity index (χ2n) is 17.8. The van der Waals surface area contributed by atoms with Crippen molar-refractivity contribution in [2.24, 2.45) is 5.41 Å². The van der Waals surface area contributed by atoms with Gasteiger partial charge in [-0.25, -0.2) is 9.78 Å². The number of cyclic esters (lactones) is 1. The number of nitrogens with zero attached hydrogens (tertiary/aromatic N) is 5. The van der Waals surface area contributed by atoms with Crippen molar-refractivity contribution in [3.05, 3.63) is 106 Å². The standard InChI is InChI=1S/C47H50N10O8/c1-46(2)32-23-28(11-12-29(32)44(63)65-46)51-45-50-24-31(40(54-45)52-33(25-58)27-7-4-3-5-8-27)39(49)64-36(48)15-19-55-20-16-47(17-21-55)18-22-56(26-47)34-10-6-9-30-38(34)43(62)57(42(30)61)35-13-14-37(59)53-41(35)60/h3-12,23-24,33,35,48-49,58H,13-22,25-26H2,1-2H3,(H,53,59,60)(H2,50,51,52,54)/t33-,35?/m1/s1. The quantitative estimate of drug-likeness (QED) is 0.0481. The number of aliphatic hydroxyl groups excluding tert-OH is 1. The Labute approximate surface area is 374 Å². The van der Waals surface area contributed by atoms with Crippen LogP contribution < -0.4 is 20.9 Å². The van der Waals surface area contributed by atoms with Gasteiger partial charge in [0.25, 0.3) is 11.8 Å². The lowest BCUT2D eigenvalue weighted by Crippen LogP contribution is -2.54. The van der Waals surface area contributed by atoms with Crippen molar-refractivity contribution in [3.8, 4) is 0 Å². The van der Waals surface area contributed by atoms with Crippen LogP contribution in [0.3, 0.4) is 0 Å². The molecule has 0 aliphatic carbocycles. The number of amides is 4. The van der Waals surface area contributed by atoms with Gasteiger partial charge < -0.3 is 35.0 Å². The molecule has 1 spiro atoms. The topological polar surface area (TPSA) is 243 Å². The van der Waals surface area contributed by atoms with Crippen LogP contribution in [0.1, 0.15) is 106 Å². The maximum Gasteiger partial charge on any atom is 0.339 e. The number of carbonyl (C=O) groups is 5. The van der Waals surface area contributed by atoms with Gasteiger partial charge in [-0.2, -0.15) is 4.98 Å². The van der Waals surface area contributed by atoms with E-state index in [0.717, 1.165) is 48.4 Å². The van der Waals surface area contributed by atoms with Gasteiger partial charge in [-0.15, -0.1) is 0 Å². The molecule has 6 heterocycles. The van der Waals surface area contributed by atoms with Gasteiger partial charge in [0, 0.05) is 49.9 Å². The molecule has 0 radical (unpaired) electrons. The molecule has 5 aliphatic heterocycles. The van der Waals surface area contributed by atoms with E-state index < -0.39 is 41.3 Å². The molecule has 0 bridgehead atoms. The summed E-state index contributed by atoms with van der Waals surface area (Å²) in [6.45, 7) is 6.90. The predicted molar refractivity (Wildman–Crippen MR) is 238 cm³/mol. The lowest BCUT2D eigenvalue weighted by molar-refractivity contribution is -0.136. The minimum absolute atomic E-state index is 0.00150. The minimum Gasteiger partial charge on any atom is -0.451 e. The third-order valence-electron chi connectivity index (χ3n) is 13.2. The number of likely N-dealkylation sites (tertiary alicyclic amines) is 1. The zero-order valence-electron chi connectivity index (χ0n) is 36.1. The number of anilines is 4. The van der Waals surface area contributed by atoms with Crippen LogP contribution in [0.25, 0.3) is 0 Å². The number of hydrogen-bond acceptors (Lipinski definition) is 16. The third kappa shape index (κ3) is 8.42. The molecule has 1 unspecified atom stereocenters. The smallest absolute Gasteiger partial charge is 0.339 e. The fourth-order valence-corrected chi connectivity index (χ4v) is 9.62. The van der Waals surface area contributed by atoms with Gasteiger partial charge in [0.15, 0.2) is 5.90 Å². The maximum atomic E-state index is 13.8. The number of hydrogen-bond donors (Lipinski definition) is 6. The van der Waals surface area contributed by atoms with Crippen LogP contribution in [-0.2, 0) is 24.7 Å². The number of benzene rings is 3. The van der Waals surface area contributed by atoms with Gasteiger partial charge in [-0.3, -0.25) is 40.2 Å². The molecule has 65 heavy (non-hydrogen) atoms. The number of aromatic nitrogens is 2. The van der Waals surface area contributed by atoms with Crippen LogP contribution >= 0.6 is 0 Å². The SMILES string of the molecule is CC1(C)OC(=O)c2ccc(Nc3ncc(C(=N)OC(=N)CCN4CCC5(CC4)CCN(c4cccc6c4C(=O)N(C4CCC(=O)NC4=O)C6=O)C5)c(N[C@H](CO)c4ccccc4)n3)cc21. The largest absolute Gasteiger partial charge is 0.451 e. The first-order valence-electron chi connectivity index (χ1n) is 21.8. The lowest BCUT2D eigenvalue weighted by Gasteiger charge is -2.39. The van der Waals surface area contributed by atoms with E-state index in [1.54, 1.807) is 24.3 Å². The molecule has 1 aromatic heterocycles. The summed E-state index contributed by atoms with van der Waals surface area (Å²) in [7, 11) is 0. The van der Waals surface area contributed by atoms with Crippen LogP contribution in [0.2, 0.25) is 0 Å². The van der Waals surface area contributed by atoms with Crippen LogP contribution in [-0.4, -0.2) is 112 Å². The van der Waals surface area contributed by atoms with Crippen molar-refractivity contribution in [2.75, 3.05) is 54.9 Å². The first kappa shape index (κ1) is 43.2. The fourth-order valence-electron chi connectivity index (χ4n) is 9.62. The Balaban J connectivity index is 0.819. The van der Waals surface area contributed by atoms with Gasteiger partial charge in [0.1, 0.15) is 17.5 Å². The maximum absolute atomic E-state index is 13.8. The Morgan fingerprint density at radius 3 is 2.49 bits per heavy atom. The summed E-state index contributed by atoms with van der Waals surface area (Å²) in [6, 6.07) is 18.2. The van der Waals surface area contributed by atoms with Gasteiger partial charge >= 0.3 is 5.97 Å². The van der Waals surface area contributed by atoms with E-state index in [2.05, 4.69) is 35.7 Å². The summed E-state index contributed by atoms with van der Waals surface area (Å²) in [6.07, 6.45) is 4.55. The monoisotopic (exact) mass is 882 g/mol. The molecule has 4 amide bonds. The van der Waals surface area contributed by atoms with Gasteiger partial charge in [-0.1, -0.05) is 36.4 Å². The van der Waals surface area contributed by atoms with E-state index in [9.17, 15) is 29.1 Å². The molecule has 5 aliphatic rings. The Bertz CT molecular complexity index is 2630. The van der Waals surface area contributed by atoms with Gasteiger partial charge in [0.05, 0.1) is 40.6 Å². The van der Waals surface area contributed by atoms with E-state index in [-0.39, 0.29) is 71.9 Å². The molecular weight excluding hydrogens is 833 g/mol. The molecule has 18 heteroatoms. The first-order chi connectivity index (χ1) is 31.2. The number of ether oxygens (including phenoxy) is 2. The molecule has 9 rings (SSSR count). The Morgan fingerprint density at radius 1 is 0.969 bits per heavy atom. The number of imide groups is 2. The number of nitrogens with one attached hydrogen (secondary N) is 5. The van der Waals surface area contributed by atoms with Crippen molar-refractivity contribution in [1.82, 2.24) is 25.1 Å². The van der Waals surface area contributed by atoms with Gasteiger partial charge in [0.2, 0.25) is 23.7 Å². The van der Waals surface area contributed by atoms with Gasteiger partial charge in [-0.05, 0) is 93.9 Å². The average molecular weight is 883 g/mol. The number of esters is 1. The Morgan fingerprint density at radius 2 is 1.74 bits per heavy atom. The summed E-state index contributed by atoms with van der Waals surface area (Å²) in [5.41, 5.74) is 3.27. The van der Waals surface area contributed by atoms with E-state index in [1.807, 2.05) is 56.3 Å². The zero-order chi connectivity index (χ0) is 45.6. The molecule has 3 fully saturated rings. The Hall–Kier alpha value is -7.05. The minimum atomic E-state index is -1.02. The van der Waals surface area contributed by atoms with E-state index in [1.165, 1.54) is 6.20 Å². The van der Waals surface area contributed by atoms with Crippen molar-refractivity contribution < 1.29 is 38.6 Å². The highest BCUT2D eigenvalue weighted by Crippen LogP contribution is 2.44. The summed E-state index contributed by atoms with van der Waals surface area (Å²) in [5.74, 6) is -2.50. The third-order valence-corrected chi connectivity index (χ3v) is 13.2. The number of piperidine rings is 2. The van der Waals surface area contributed by atoms with Crippen LogP contribution in [0, 0.1) is 16.2 Å². The predicted octanol–water partition coefficient (Wildman–Crippen LogP) is 4.87. The Kier molecular flexibility index (Phi) is 11.4. The number of carbonyl (C=O) groups excluding carboxylic acids is 5. The molecule has 336 valence electrons. The van der Waals surface area contributed by atoms with Crippen molar-refractivity contribution >= 4 is 64.5 Å². The zero-order valence-corrected chi connectivity index (χ0v) is 36.1. The highest BCUT2D eigenvalue weighted by atomic mass is 16.6. The number of aliphatic hydroxyl groups is 1. The van der Waals surface area contributed by atoms with E-state index in [0.29, 0.717) is 42.1 Å². The molecule has 3 aromatic carbocycles. The number of fused-ring (bicyclic) bond motifs is 2. The van der Waals surface area contributed by atoms with E-state index >= 15 is 0 Å². The molecule has 2 atom stereocenters. The average Bonchev–Trinajstić information content (AvgIpc) is 3.90. The summed E-state index contributed by atoms with van der Waals surface area (Å²) < 4.78 is 11.3. The normalized spacial score (nSPS) is 20.3. The van der Waals surface area contributed by atoms with Crippen LogP contribution in [0.5, 0.6) is 0 Å². The van der Waals surface area contributed by atoms with Crippen molar-refractivity contribution in [2.45, 2.75) is 70.1 Å². The highest BCUT2D eigenvalue weighted by molar-refractivity contribution is 6.25. The van der Waals surface area contributed by atoms with Crippen LogP contribution in [0.4, 0.5) is 23.1 Å². The first-order valence-corrected chi connectivity index (χ1v) is 21.8. The lowest BCUT2D eigenvalue weighted by atomic mass is 9.77. The second-order valence-corrected chi connectivity index (χ2v) is 17.8. The number of rotatable bonds is 12. The molecule has 4 aromatic rings. The molecular formula is C47H50N10O8. The fraction of sp³-hybridized carbons (Fsp3) is 0.383. The van der Waals surface area contributed by atoms with Crippen molar-refractivity contribution in [1.29, 1.82) is 10.8 Å². The highest BCUT2D eigenvalue weighted by Gasteiger charge is 2.48. The van der Waals surface area contributed by atoms with Crippen LogP contribution in [0.15, 0.2) is 72.9 Å². The summed E-state index contributed by atoms with van der Waals surface area (Å²) in [4.78, 5) is 78.6. The van der Waals surface area contributed by atoms with E-state index in [4.69, 9.17) is 20.3 Å². The molecule has 0 saturated carbocycles.